The Bertz CT molecular complexity index is 1380. The number of hydrogen-bond donors (Lipinski definition) is 1. The summed E-state index contributed by atoms with van der Waals surface area (Å²) in [7, 11) is 1.80. The third kappa shape index (κ3) is 3.53. The minimum atomic E-state index is -0.212. The molecular formula is C27H29ClN4O2. The zero-order valence-electron chi connectivity index (χ0n) is 19.3. The van der Waals surface area contributed by atoms with Crippen molar-refractivity contribution in [3.63, 3.8) is 0 Å². The van der Waals surface area contributed by atoms with Crippen LogP contribution in [-0.4, -0.2) is 22.6 Å². The minimum Gasteiger partial charge on any atom is -0.437 e. The summed E-state index contributed by atoms with van der Waals surface area (Å²) in [6.07, 6.45) is 5.44. The Balaban J connectivity index is 0.00000241. The molecule has 0 spiro atoms. The standard InChI is InChI=1S/C27H28N4O2.ClH/c1-30-25(32)22-21(18-8-3-2-4-9-18)23(33-24(22)29-26(30)31-16-5-6-17-31)19-10-12-20(13-11-19)27(28)14-7-15-27;/h2-4,8-13H,5-7,14-17,28H2,1H3;1H. The van der Waals surface area contributed by atoms with Crippen LogP contribution in [0.4, 0.5) is 5.95 Å². The molecule has 0 radical (unpaired) electrons. The van der Waals surface area contributed by atoms with Crippen molar-refractivity contribution in [2.75, 3.05) is 18.0 Å². The maximum Gasteiger partial charge on any atom is 0.266 e. The van der Waals surface area contributed by atoms with E-state index in [1.54, 1.807) is 11.6 Å². The Hall–Kier alpha value is -3.09. The van der Waals surface area contributed by atoms with Crippen molar-refractivity contribution in [2.24, 2.45) is 12.8 Å². The first-order valence-corrected chi connectivity index (χ1v) is 11.8. The molecule has 0 amide bonds. The molecule has 1 saturated heterocycles. The van der Waals surface area contributed by atoms with Gasteiger partial charge >= 0.3 is 0 Å². The molecule has 2 aromatic carbocycles. The van der Waals surface area contributed by atoms with Gasteiger partial charge in [0.1, 0.15) is 11.1 Å². The predicted octanol–water partition coefficient (Wildman–Crippen LogP) is 5.22. The van der Waals surface area contributed by atoms with Crippen LogP contribution in [0.2, 0.25) is 0 Å². The SMILES string of the molecule is Cl.Cn1c(N2CCCC2)nc2oc(-c3ccc(C4(N)CCC4)cc3)c(-c3ccccc3)c2c1=O. The van der Waals surface area contributed by atoms with E-state index < -0.39 is 0 Å². The second-order valence-corrected chi connectivity index (χ2v) is 9.41. The second-order valence-electron chi connectivity index (χ2n) is 9.41. The molecule has 1 aliphatic carbocycles. The molecule has 7 heteroatoms. The van der Waals surface area contributed by atoms with Gasteiger partial charge in [0.15, 0.2) is 0 Å². The quantitative estimate of drug-likeness (QED) is 0.437. The highest BCUT2D eigenvalue weighted by Crippen LogP contribution is 2.42. The summed E-state index contributed by atoms with van der Waals surface area (Å²) in [5.74, 6) is 1.35. The van der Waals surface area contributed by atoms with Crippen LogP contribution in [0.5, 0.6) is 0 Å². The lowest BCUT2D eigenvalue weighted by atomic mass is 9.72. The summed E-state index contributed by atoms with van der Waals surface area (Å²) in [6, 6.07) is 18.3. The topological polar surface area (TPSA) is 77.3 Å². The smallest absolute Gasteiger partial charge is 0.266 e. The third-order valence-corrected chi connectivity index (χ3v) is 7.33. The Morgan fingerprint density at radius 2 is 1.62 bits per heavy atom. The largest absolute Gasteiger partial charge is 0.437 e. The Morgan fingerprint density at radius 3 is 2.24 bits per heavy atom. The summed E-state index contributed by atoms with van der Waals surface area (Å²) in [5, 5.41) is 0.528. The van der Waals surface area contributed by atoms with Crippen LogP contribution in [0.15, 0.2) is 63.8 Å². The molecule has 2 aliphatic rings. The minimum absolute atomic E-state index is 0. The summed E-state index contributed by atoms with van der Waals surface area (Å²) in [6.45, 7) is 1.82. The third-order valence-electron chi connectivity index (χ3n) is 7.33. The van der Waals surface area contributed by atoms with Gasteiger partial charge in [-0.25, -0.2) is 0 Å². The van der Waals surface area contributed by atoms with Gasteiger partial charge in [-0.3, -0.25) is 9.36 Å². The number of fused-ring (bicyclic) bond motifs is 1. The van der Waals surface area contributed by atoms with Gasteiger partial charge in [0.2, 0.25) is 11.7 Å². The molecule has 1 aliphatic heterocycles. The van der Waals surface area contributed by atoms with Gasteiger partial charge in [0.25, 0.3) is 5.56 Å². The number of aromatic nitrogens is 2. The van der Waals surface area contributed by atoms with E-state index in [0.29, 0.717) is 22.8 Å². The summed E-state index contributed by atoms with van der Waals surface area (Å²) in [4.78, 5) is 20.6. The van der Waals surface area contributed by atoms with Gasteiger partial charge in [-0.05, 0) is 43.2 Å². The number of halogens is 1. The number of anilines is 1. The van der Waals surface area contributed by atoms with Crippen LogP contribution < -0.4 is 16.2 Å². The molecule has 0 bridgehead atoms. The monoisotopic (exact) mass is 476 g/mol. The lowest BCUT2D eigenvalue weighted by molar-refractivity contribution is 0.253. The highest BCUT2D eigenvalue weighted by atomic mass is 35.5. The molecule has 6 rings (SSSR count). The van der Waals surface area contributed by atoms with E-state index in [4.69, 9.17) is 15.1 Å². The number of benzene rings is 2. The molecule has 0 unspecified atom stereocenters. The van der Waals surface area contributed by atoms with Crippen LogP contribution in [-0.2, 0) is 12.6 Å². The van der Waals surface area contributed by atoms with Crippen LogP contribution in [0.1, 0.15) is 37.7 Å². The van der Waals surface area contributed by atoms with Crippen molar-refractivity contribution in [1.82, 2.24) is 9.55 Å². The summed E-state index contributed by atoms with van der Waals surface area (Å²) >= 11 is 0. The van der Waals surface area contributed by atoms with Gasteiger partial charge in [-0.15, -0.1) is 12.4 Å². The number of nitrogens with two attached hydrogens (primary N) is 1. The van der Waals surface area contributed by atoms with Gasteiger partial charge in [0, 0.05) is 36.8 Å². The van der Waals surface area contributed by atoms with Gasteiger partial charge in [0.05, 0.1) is 0 Å². The molecule has 4 aromatic rings. The average Bonchev–Trinajstić information content (AvgIpc) is 3.49. The van der Waals surface area contributed by atoms with Crippen LogP contribution in [0.3, 0.4) is 0 Å². The van der Waals surface area contributed by atoms with E-state index in [-0.39, 0.29) is 23.5 Å². The Morgan fingerprint density at radius 1 is 0.941 bits per heavy atom. The predicted molar refractivity (Wildman–Crippen MR) is 139 cm³/mol. The fraction of sp³-hybridized carbons (Fsp3) is 0.333. The first kappa shape index (κ1) is 22.7. The average molecular weight is 477 g/mol. The second kappa shape index (κ2) is 8.60. The molecule has 2 aromatic heterocycles. The van der Waals surface area contributed by atoms with Gasteiger partial charge < -0.3 is 15.1 Å². The molecule has 1 saturated carbocycles. The van der Waals surface area contributed by atoms with E-state index in [0.717, 1.165) is 61.0 Å². The number of hydrogen-bond acceptors (Lipinski definition) is 5. The molecule has 34 heavy (non-hydrogen) atoms. The lowest BCUT2D eigenvalue weighted by Gasteiger charge is -2.38. The molecule has 176 valence electrons. The zero-order valence-corrected chi connectivity index (χ0v) is 20.1. The molecule has 2 N–H and O–H groups in total. The van der Waals surface area contributed by atoms with Crippen molar-refractivity contribution in [2.45, 2.75) is 37.6 Å². The summed E-state index contributed by atoms with van der Waals surface area (Å²) < 4.78 is 8.02. The Labute approximate surface area is 204 Å². The Kier molecular flexibility index (Phi) is 5.74. The highest BCUT2D eigenvalue weighted by molar-refractivity contribution is 6.00. The molecule has 6 nitrogen and oxygen atoms in total. The first-order valence-electron chi connectivity index (χ1n) is 11.8. The van der Waals surface area contributed by atoms with E-state index >= 15 is 0 Å². The maximum absolute atomic E-state index is 13.6. The van der Waals surface area contributed by atoms with Crippen LogP contribution in [0, 0.1) is 0 Å². The van der Waals surface area contributed by atoms with E-state index in [2.05, 4.69) is 29.2 Å². The zero-order chi connectivity index (χ0) is 22.6. The maximum atomic E-state index is 13.6. The molecule has 0 atom stereocenters. The van der Waals surface area contributed by atoms with Crippen molar-refractivity contribution in [3.8, 4) is 22.5 Å². The van der Waals surface area contributed by atoms with Gasteiger partial charge in [-0.2, -0.15) is 4.98 Å². The van der Waals surface area contributed by atoms with Crippen LogP contribution in [0.25, 0.3) is 33.6 Å². The number of furan rings is 1. The fourth-order valence-corrected chi connectivity index (χ4v) is 5.20. The first-order chi connectivity index (χ1) is 16.0. The van der Waals surface area contributed by atoms with Crippen LogP contribution >= 0.6 is 12.4 Å². The van der Waals surface area contributed by atoms with Crippen molar-refractivity contribution in [3.05, 3.63) is 70.5 Å². The molecular weight excluding hydrogens is 448 g/mol. The van der Waals surface area contributed by atoms with Crippen molar-refractivity contribution >= 4 is 29.5 Å². The molecule has 3 heterocycles. The van der Waals surface area contributed by atoms with E-state index in [1.165, 1.54) is 6.42 Å². The molecule has 2 fully saturated rings. The normalized spacial score (nSPS) is 16.9. The van der Waals surface area contributed by atoms with Crippen molar-refractivity contribution < 1.29 is 4.42 Å². The van der Waals surface area contributed by atoms with E-state index in [1.807, 2.05) is 30.3 Å². The summed E-state index contributed by atoms with van der Waals surface area (Å²) in [5.41, 5.74) is 10.4. The van der Waals surface area contributed by atoms with Gasteiger partial charge in [-0.1, -0.05) is 54.6 Å². The highest BCUT2D eigenvalue weighted by Gasteiger charge is 2.34. The number of nitrogens with zero attached hydrogens (tertiary/aromatic N) is 3. The lowest BCUT2D eigenvalue weighted by Crippen LogP contribution is -2.43. The number of rotatable bonds is 4. The van der Waals surface area contributed by atoms with Crippen molar-refractivity contribution in [1.29, 1.82) is 0 Å². The van der Waals surface area contributed by atoms with E-state index in [9.17, 15) is 4.79 Å². The fourth-order valence-electron chi connectivity index (χ4n) is 5.20.